The van der Waals surface area contributed by atoms with Gasteiger partial charge in [-0.2, -0.15) is 5.10 Å². The highest BCUT2D eigenvalue weighted by Crippen LogP contribution is 2.22. The summed E-state index contributed by atoms with van der Waals surface area (Å²) in [6, 6.07) is 6.71. The summed E-state index contributed by atoms with van der Waals surface area (Å²) in [4.78, 5) is 0. The number of H-pyrrole nitrogens is 1. The molecule has 15 heavy (non-hydrogen) atoms. The number of benzene rings is 1. The first-order valence-electron chi connectivity index (χ1n) is 4.71. The van der Waals surface area contributed by atoms with E-state index in [0.717, 1.165) is 11.3 Å². The topological polar surface area (TPSA) is 54.7 Å². The third-order valence-electron chi connectivity index (χ3n) is 2.25. The molecule has 0 aliphatic rings. The molecule has 0 atom stereocenters. The lowest BCUT2D eigenvalue weighted by molar-refractivity contribution is 0.630. The van der Waals surface area contributed by atoms with Crippen molar-refractivity contribution in [1.29, 1.82) is 0 Å². The van der Waals surface area contributed by atoms with Crippen molar-refractivity contribution in [2.45, 2.75) is 13.5 Å². The molecule has 0 saturated heterocycles. The highest BCUT2D eigenvalue weighted by Gasteiger charge is 2.08. The van der Waals surface area contributed by atoms with Crippen molar-refractivity contribution in [2.24, 2.45) is 5.73 Å². The van der Waals surface area contributed by atoms with Crippen LogP contribution in [0.1, 0.15) is 11.3 Å². The molecule has 4 heteroatoms. The van der Waals surface area contributed by atoms with Gasteiger partial charge >= 0.3 is 0 Å². The number of nitrogens with zero attached hydrogens (tertiary/aromatic N) is 1. The summed E-state index contributed by atoms with van der Waals surface area (Å²) in [5.41, 5.74) is 8.34. The van der Waals surface area contributed by atoms with E-state index in [1.165, 1.54) is 6.07 Å². The summed E-state index contributed by atoms with van der Waals surface area (Å²) >= 11 is 0. The standard InChI is InChI=1S/C11H12FN3/c1-7-2-3-10(12)9(4-7)11-5-8(6-13)14-15-11/h2-5H,6,13H2,1H3,(H,14,15). The average Bonchev–Trinajstić information content (AvgIpc) is 2.70. The molecule has 3 nitrogen and oxygen atoms in total. The maximum Gasteiger partial charge on any atom is 0.132 e. The monoisotopic (exact) mass is 205 g/mol. The van der Waals surface area contributed by atoms with Crippen LogP contribution in [0.2, 0.25) is 0 Å². The minimum absolute atomic E-state index is 0.268. The van der Waals surface area contributed by atoms with Gasteiger partial charge in [0.05, 0.1) is 5.69 Å². The van der Waals surface area contributed by atoms with E-state index in [2.05, 4.69) is 10.2 Å². The normalized spacial score (nSPS) is 10.6. The van der Waals surface area contributed by atoms with Crippen LogP contribution in [-0.2, 0) is 6.54 Å². The van der Waals surface area contributed by atoms with E-state index < -0.39 is 0 Å². The van der Waals surface area contributed by atoms with Gasteiger partial charge in [0.2, 0.25) is 0 Å². The Morgan fingerprint density at radius 3 is 2.87 bits per heavy atom. The van der Waals surface area contributed by atoms with Gasteiger partial charge in [0.25, 0.3) is 0 Å². The molecule has 0 saturated carbocycles. The predicted molar refractivity (Wildman–Crippen MR) is 56.6 cm³/mol. The lowest BCUT2D eigenvalue weighted by Crippen LogP contribution is -1.95. The molecule has 0 radical (unpaired) electrons. The Morgan fingerprint density at radius 2 is 2.20 bits per heavy atom. The molecule has 2 aromatic rings. The van der Waals surface area contributed by atoms with Gasteiger partial charge in [-0.25, -0.2) is 4.39 Å². The number of nitrogens with two attached hydrogens (primary N) is 1. The van der Waals surface area contributed by atoms with Gasteiger partial charge in [0.1, 0.15) is 5.82 Å². The van der Waals surface area contributed by atoms with Crippen molar-refractivity contribution in [1.82, 2.24) is 10.2 Å². The number of halogens is 1. The predicted octanol–water partition coefficient (Wildman–Crippen LogP) is 1.98. The van der Waals surface area contributed by atoms with Crippen LogP contribution in [-0.4, -0.2) is 10.2 Å². The van der Waals surface area contributed by atoms with Crippen LogP contribution in [0.3, 0.4) is 0 Å². The minimum atomic E-state index is -0.268. The number of nitrogens with one attached hydrogen (secondary N) is 1. The molecule has 0 bridgehead atoms. The summed E-state index contributed by atoms with van der Waals surface area (Å²) in [6.45, 7) is 2.29. The Kier molecular flexibility index (Phi) is 2.51. The SMILES string of the molecule is Cc1ccc(F)c(-c2cc(CN)[nH]n2)c1. The molecular formula is C11H12FN3. The van der Waals surface area contributed by atoms with E-state index in [1.54, 1.807) is 18.2 Å². The second-order valence-electron chi connectivity index (χ2n) is 3.47. The quantitative estimate of drug-likeness (QED) is 0.787. The van der Waals surface area contributed by atoms with Crippen LogP contribution >= 0.6 is 0 Å². The molecule has 0 aliphatic heterocycles. The first kappa shape index (κ1) is 9.86. The highest BCUT2D eigenvalue weighted by atomic mass is 19.1. The van der Waals surface area contributed by atoms with Gasteiger partial charge in [0.15, 0.2) is 0 Å². The van der Waals surface area contributed by atoms with E-state index in [-0.39, 0.29) is 5.82 Å². The Labute approximate surface area is 87.1 Å². The Balaban J connectivity index is 2.48. The fourth-order valence-electron chi connectivity index (χ4n) is 1.44. The van der Waals surface area contributed by atoms with Crippen LogP contribution in [0.25, 0.3) is 11.3 Å². The van der Waals surface area contributed by atoms with Crippen molar-refractivity contribution >= 4 is 0 Å². The van der Waals surface area contributed by atoms with Crippen LogP contribution in [0.4, 0.5) is 4.39 Å². The molecule has 0 amide bonds. The summed E-state index contributed by atoms with van der Waals surface area (Å²) in [6.07, 6.45) is 0. The molecular weight excluding hydrogens is 193 g/mol. The van der Waals surface area contributed by atoms with Crippen molar-refractivity contribution in [3.05, 3.63) is 41.3 Å². The van der Waals surface area contributed by atoms with E-state index in [1.807, 2.05) is 6.92 Å². The van der Waals surface area contributed by atoms with Crippen molar-refractivity contribution in [3.8, 4) is 11.3 Å². The highest BCUT2D eigenvalue weighted by molar-refractivity contribution is 5.61. The van der Waals surface area contributed by atoms with Gasteiger partial charge in [-0.3, -0.25) is 5.10 Å². The Hall–Kier alpha value is -1.68. The van der Waals surface area contributed by atoms with E-state index in [0.29, 0.717) is 17.8 Å². The van der Waals surface area contributed by atoms with Crippen LogP contribution in [0.5, 0.6) is 0 Å². The molecule has 0 aliphatic carbocycles. The van der Waals surface area contributed by atoms with E-state index in [9.17, 15) is 4.39 Å². The van der Waals surface area contributed by atoms with Gasteiger partial charge in [-0.15, -0.1) is 0 Å². The molecule has 78 valence electrons. The summed E-state index contributed by atoms with van der Waals surface area (Å²) < 4.78 is 13.5. The maximum atomic E-state index is 13.5. The van der Waals surface area contributed by atoms with E-state index >= 15 is 0 Å². The maximum absolute atomic E-state index is 13.5. The van der Waals surface area contributed by atoms with Crippen LogP contribution < -0.4 is 5.73 Å². The van der Waals surface area contributed by atoms with Gasteiger partial charge < -0.3 is 5.73 Å². The second-order valence-corrected chi connectivity index (χ2v) is 3.47. The lowest BCUT2D eigenvalue weighted by atomic mass is 10.1. The zero-order valence-electron chi connectivity index (χ0n) is 8.42. The summed E-state index contributed by atoms with van der Waals surface area (Å²) in [5.74, 6) is -0.268. The largest absolute Gasteiger partial charge is 0.325 e. The van der Waals surface area contributed by atoms with Gasteiger partial charge in [-0.1, -0.05) is 11.6 Å². The second kappa shape index (κ2) is 3.82. The number of hydrogen-bond donors (Lipinski definition) is 2. The van der Waals surface area contributed by atoms with Crippen LogP contribution in [0.15, 0.2) is 24.3 Å². The number of hydrogen-bond acceptors (Lipinski definition) is 2. The average molecular weight is 205 g/mol. The third kappa shape index (κ3) is 1.89. The van der Waals surface area contributed by atoms with Gasteiger partial charge in [-0.05, 0) is 25.1 Å². The number of aryl methyl sites for hydroxylation is 1. The fraction of sp³-hybridized carbons (Fsp3) is 0.182. The first-order chi connectivity index (χ1) is 7.20. The minimum Gasteiger partial charge on any atom is -0.325 e. The summed E-state index contributed by atoms with van der Waals surface area (Å²) in [5, 5.41) is 6.77. The van der Waals surface area contributed by atoms with E-state index in [4.69, 9.17) is 5.73 Å². The fourth-order valence-corrected chi connectivity index (χ4v) is 1.44. The molecule has 1 heterocycles. The number of aromatic amines is 1. The molecule has 1 aromatic heterocycles. The number of rotatable bonds is 2. The third-order valence-corrected chi connectivity index (χ3v) is 2.25. The van der Waals surface area contributed by atoms with Gasteiger partial charge in [0, 0.05) is 17.8 Å². The van der Waals surface area contributed by atoms with Crippen molar-refractivity contribution in [2.75, 3.05) is 0 Å². The lowest BCUT2D eigenvalue weighted by Gasteiger charge is -2.00. The zero-order chi connectivity index (χ0) is 10.8. The van der Waals surface area contributed by atoms with Crippen LogP contribution in [0, 0.1) is 12.7 Å². The molecule has 0 fully saturated rings. The Bertz CT molecular complexity index is 476. The van der Waals surface area contributed by atoms with Crippen molar-refractivity contribution < 1.29 is 4.39 Å². The van der Waals surface area contributed by atoms with Crippen molar-refractivity contribution in [3.63, 3.8) is 0 Å². The zero-order valence-corrected chi connectivity index (χ0v) is 8.42. The molecule has 0 spiro atoms. The molecule has 3 N–H and O–H groups in total. The summed E-state index contributed by atoms with van der Waals surface area (Å²) in [7, 11) is 0. The molecule has 2 rings (SSSR count). The molecule has 0 unspecified atom stereocenters. The number of aromatic nitrogens is 2. The Morgan fingerprint density at radius 1 is 1.40 bits per heavy atom. The first-order valence-corrected chi connectivity index (χ1v) is 4.71. The molecule has 1 aromatic carbocycles. The smallest absolute Gasteiger partial charge is 0.132 e.